The van der Waals surface area contributed by atoms with Crippen molar-refractivity contribution in [1.29, 1.82) is 0 Å². The van der Waals surface area contributed by atoms with Crippen LogP contribution in [0.15, 0.2) is 30.3 Å². The lowest BCUT2D eigenvalue weighted by Gasteiger charge is -2.35. The van der Waals surface area contributed by atoms with E-state index < -0.39 is 0 Å². The van der Waals surface area contributed by atoms with E-state index in [2.05, 4.69) is 39.5 Å². The Bertz CT molecular complexity index is 695. The highest BCUT2D eigenvalue weighted by atomic mass is 16.5. The number of morpholine rings is 1. The van der Waals surface area contributed by atoms with Crippen molar-refractivity contribution in [2.45, 2.75) is 39.0 Å². The molecule has 2 atom stereocenters. The number of hydrogen-bond donors (Lipinski definition) is 1. The molecule has 1 fully saturated rings. The topological polar surface area (TPSA) is 85.2 Å². The van der Waals surface area contributed by atoms with Gasteiger partial charge in [-0.3, -0.25) is 9.69 Å². The highest BCUT2D eigenvalue weighted by molar-refractivity contribution is 5.75. The van der Waals surface area contributed by atoms with Gasteiger partial charge in [-0.2, -0.15) is 4.80 Å². The molecular formula is C18H26N6O2. The Morgan fingerprint density at radius 3 is 2.69 bits per heavy atom. The van der Waals surface area contributed by atoms with E-state index in [4.69, 9.17) is 4.74 Å². The molecule has 1 aliphatic heterocycles. The molecule has 1 aromatic heterocycles. The molecule has 0 spiro atoms. The van der Waals surface area contributed by atoms with E-state index in [0.29, 0.717) is 12.4 Å². The first-order valence-corrected chi connectivity index (χ1v) is 9.08. The maximum atomic E-state index is 12.0. The highest BCUT2D eigenvalue weighted by Gasteiger charge is 2.21. The summed E-state index contributed by atoms with van der Waals surface area (Å²) in [5.74, 6) is 0.416. The number of tetrazole rings is 1. The van der Waals surface area contributed by atoms with E-state index in [0.717, 1.165) is 31.6 Å². The Balaban J connectivity index is 1.37. The van der Waals surface area contributed by atoms with Crippen LogP contribution >= 0.6 is 0 Å². The van der Waals surface area contributed by atoms with Crippen LogP contribution in [0.1, 0.15) is 20.3 Å². The SMILES string of the molecule is CC1CN(CCCNC(=O)Cn2nnc(-c3ccccc3)n2)CC(C)O1. The van der Waals surface area contributed by atoms with E-state index in [1.165, 1.54) is 4.80 Å². The first-order chi connectivity index (χ1) is 12.6. The van der Waals surface area contributed by atoms with Crippen molar-refractivity contribution in [1.82, 2.24) is 30.4 Å². The zero-order valence-corrected chi connectivity index (χ0v) is 15.3. The van der Waals surface area contributed by atoms with Crippen LogP contribution in [0.2, 0.25) is 0 Å². The first-order valence-electron chi connectivity index (χ1n) is 9.08. The summed E-state index contributed by atoms with van der Waals surface area (Å²) in [5.41, 5.74) is 0.883. The molecule has 2 unspecified atom stereocenters. The van der Waals surface area contributed by atoms with E-state index >= 15 is 0 Å². The molecule has 8 heteroatoms. The van der Waals surface area contributed by atoms with Crippen LogP contribution in [-0.4, -0.2) is 69.4 Å². The molecule has 1 aliphatic rings. The van der Waals surface area contributed by atoms with Crippen molar-refractivity contribution in [3.63, 3.8) is 0 Å². The molecular weight excluding hydrogens is 332 g/mol. The van der Waals surface area contributed by atoms with Crippen LogP contribution in [0.3, 0.4) is 0 Å². The number of carbonyl (C=O) groups excluding carboxylic acids is 1. The van der Waals surface area contributed by atoms with Crippen molar-refractivity contribution in [3.8, 4) is 11.4 Å². The Labute approximate surface area is 153 Å². The zero-order chi connectivity index (χ0) is 18.4. The second-order valence-electron chi connectivity index (χ2n) is 6.73. The molecule has 1 saturated heterocycles. The smallest absolute Gasteiger partial charge is 0.243 e. The van der Waals surface area contributed by atoms with Gasteiger partial charge in [0.15, 0.2) is 0 Å². The number of aromatic nitrogens is 4. The van der Waals surface area contributed by atoms with Crippen molar-refractivity contribution in [3.05, 3.63) is 30.3 Å². The highest BCUT2D eigenvalue weighted by Crippen LogP contribution is 2.12. The second-order valence-corrected chi connectivity index (χ2v) is 6.73. The number of amides is 1. The summed E-state index contributed by atoms with van der Waals surface area (Å²) in [4.78, 5) is 15.7. The summed E-state index contributed by atoms with van der Waals surface area (Å²) >= 11 is 0. The van der Waals surface area contributed by atoms with E-state index in [-0.39, 0.29) is 24.7 Å². The number of nitrogens with one attached hydrogen (secondary N) is 1. The predicted molar refractivity (Wildman–Crippen MR) is 97.3 cm³/mol. The van der Waals surface area contributed by atoms with Gasteiger partial charge in [0, 0.05) is 31.7 Å². The lowest BCUT2D eigenvalue weighted by Crippen LogP contribution is -2.46. The molecule has 1 N–H and O–H groups in total. The average molecular weight is 358 g/mol. The van der Waals surface area contributed by atoms with Gasteiger partial charge in [-0.1, -0.05) is 30.3 Å². The molecule has 2 heterocycles. The van der Waals surface area contributed by atoms with Crippen molar-refractivity contribution >= 4 is 5.91 Å². The maximum Gasteiger partial charge on any atom is 0.243 e. The van der Waals surface area contributed by atoms with Gasteiger partial charge < -0.3 is 10.1 Å². The molecule has 0 bridgehead atoms. The minimum atomic E-state index is -0.106. The Hall–Kier alpha value is -2.32. The fraction of sp³-hybridized carbons (Fsp3) is 0.556. The van der Waals surface area contributed by atoms with Gasteiger partial charge >= 0.3 is 0 Å². The Morgan fingerprint density at radius 2 is 1.96 bits per heavy atom. The van der Waals surface area contributed by atoms with Crippen molar-refractivity contribution in [2.75, 3.05) is 26.2 Å². The summed E-state index contributed by atoms with van der Waals surface area (Å²) in [7, 11) is 0. The monoisotopic (exact) mass is 358 g/mol. The standard InChI is InChI=1S/C18H26N6O2/c1-14-11-23(12-15(2)26-14)10-6-9-19-17(25)13-24-21-18(20-22-24)16-7-4-3-5-8-16/h3-5,7-8,14-15H,6,9-13H2,1-2H3,(H,19,25). The summed E-state index contributed by atoms with van der Waals surface area (Å²) < 4.78 is 5.73. The van der Waals surface area contributed by atoms with Gasteiger partial charge in [-0.05, 0) is 25.5 Å². The molecule has 26 heavy (non-hydrogen) atoms. The molecule has 8 nitrogen and oxygen atoms in total. The Morgan fingerprint density at radius 1 is 1.23 bits per heavy atom. The molecule has 0 radical (unpaired) electrons. The molecule has 1 aromatic carbocycles. The van der Waals surface area contributed by atoms with Crippen LogP contribution < -0.4 is 5.32 Å². The van der Waals surface area contributed by atoms with Crippen LogP contribution in [0.4, 0.5) is 0 Å². The summed E-state index contributed by atoms with van der Waals surface area (Å²) in [5, 5.41) is 15.1. The molecule has 0 saturated carbocycles. The number of carbonyl (C=O) groups is 1. The normalized spacial score (nSPS) is 20.8. The minimum absolute atomic E-state index is 0.0749. The van der Waals surface area contributed by atoms with Crippen LogP contribution in [0, 0.1) is 0 Å². The van der Waals surface area contributed by atoms with E-state index in [9.17, 15) is 4.79 Å². The van der Waals surface area contributed by atoms with Crippen LogP contribution in [0.5, 0.6) is 0 Å². The lowest BCUT2D eigenvalue weighted by molar-refractivity contribution is -0.122. The first kappa shape index (κ1) is 18.5. The second kappa shape index (κ2) is 8.86. The van der Waals surface area contributed by atoms with Gasteiger partial charge in [-0.15, -0.1) is 10.2 Å². The molecule has 2 aromatic rings. The third-order valence-electron chi connectivity index (χ3n) is 4.24. The van der Waals surface area contributed by atoms with E-state index in [1.54, 1.807) is 0 Å². The number of benzene rings is 1. The average Bonchev–Trinajstić information content (AvgIpc) is 3.07. The third-order valence-corrected chi connectivity index (χ3v) is 4.24. The molecule has 3 rings (SSSR count). The van der Waals surface area contributed by atoms with Gasteiger partial charge in [0.1, 0.15) is 6.54 Å². The zero-order valence-electron chi connectivity index (χ0n) is 15.3. The molecule has 0 aliphatic carbocycles. The maximum absolute atomic E-state index is 12.0. The van der Waals surface area contributed by atoms with Gasteiger partial charge in [-0.25, -0.2) is 0 Å². The predicted octanol–water partition coefficient (Wildman–Crippen LogP) is 0.956. The fourth-order valence-electron chi connectivity index (χ4n) is 3.19. The third kappa shape index (κ3) is 5.34. The number of ether oxygens (including phenoxy) is 1. The summed E-state index contributed by atoms with van der Waals surface area (Å²) in [6, 6.07) is 9.58. The largest absolute Gasteiger partial charge is 0.373 e. The summed E-state index contributed by atoms with van der Waals surface area (Å²) in [6.07, 6.45) is 1.45. The van der Waals surface area contributed by atoms with E-state index in [1.807, 2.05) is 30.3 Å². The van der Waals surface area contributed by atoms with Gasteiger partial charge in [0.05, 0.1) is 12.2 Å². The number of nitrogens with zero attached hydrogens (tertiary/aromatic N) is 5. The van der Waals surface area contributed by atoms with Crippen LogP contribution in [-0.2, 0) is 16.1 Å². The Kier molecular flexibility index (Phi) is 6.30. The fourth-order valence-corrected chi connectivity index (χ4v) is 3.19. The minimum Gasteiger partial charge on any atom is -0.373 e. The lowest BCUT2D eigenvalue weighted by atomic mass is 10.2. The van der Waals surface area contributed by atoms with Crippen molar-refractivity contribution < 1.29 is 9.53 Å². The molecule has 1 amide bonds. The summed E-state index contributed by atoms with van der Waals surface area (Å²) in [6.45, 7) is 7.76. The van der Waals surface area contributed by atoms with Gasteiger partial charge in [0.2, 0.25) is 11.7 Å². The molecule has 140 valence electrons. The number of hydrogen-bond acceptors (Lipinski definition) is 6. The van der Waals surface area contributed by atoms with Gasteiger partial charge in [0.25, 0.3) is 0 Å². The quantitative estimate of drug-likeness (QED) is 0.742. The van der Waals surface area contributed by atoms with Crippen LogP contribution in [0.25, 0.3) is 11.4 Å². The number of rotatable bonds is 7. The van der Waals surface area contributed by atoms with Crippen molar-refractivity contribution in [2.24, 2.45) is 0 Å².